The summed E-state index contributed by atoms with van der Waals surface area (Å²) >= 11 is 6.08. The van der Waals surface area contributed by atoms with E-state index >= 15 is 0 Å². The van der Waals surface area contributed by atoms with Gasteiger partial charge in [-0.3, -0.25) is 0 Å². The van der Waals surface area contributed by atoms with E-state index < -0.39 is 8.07 Å². The SMILES string of the molecule is CC1=C(C)C(CCCl)([Si](C)(C)C)C(C)=C1C. The molecular formula is C14H25ClSi. The van der Waals surface area contributed by atoms with Gasteiger partial charge in [-0.05, 0) is 45.3 Å². The summed E-state index contributed by atoms with van der Waals surface area (Å²) in [6.07, 6.45) is 1.11. The van der Waals surface area contributed by atoms with Crippen molar-refractivity contribution in [1.82, 2.24) is 0 Å². The number of rotatable bonds is 3. The molecule has 0 heterocycles. The average molecular weight is 257 g/mol. The van der Waals surface area contributed by atoms with Crippen molar-refractivity contribution in [2.24, 2.45) is 0 Å². The van der Waals surface area contributed by atoms with E-state index in [2.05, 4.69) is 47.3 Å². The fraction of sp³-hybridized carbons (Fsp3) is 0.714. The van der Waals surface area contributed by atoms with Crippen LogP contribution in [0.4, 0.5) is 0 Å². The van der Waals surface area contributed by atoms with Crippen molar-refractivity contribution in [2.45, 2.75) is 58.8 Å². The van der Waals surface area contributed by atoms with Gasteiger partial charge in [0.1, 0.15) is 0 Å². The van der Waals surface area contributed by atoms with Crippen molar-refractivity contribution >= 4 is 19.7 Å². The first-order valence-corrected chi connectivity index (χ1v) is 10.2. The summed E-state index contributed by atoms with van der Waals surface area (Å²) < 4.78 is 0. The first kappa shape index (κ1) is 14.0. The lowest BCUT2D eigenvalue weighted by Gasteiger charge is -2.44. The quantitative estimate of drug-likeness (QED) is 0.470. The predicted molar refractivity (Wildman–Crippen MR) is 78.1 cm³/mol. The van der Waals surface area contributed by atoms with Gasteiger partial charge in [0.25, 0.3) is 0 Å². The molecule has 0 unspecified atom stereocenters. The molecule has 0 atom stereocenters. The number of halogens is 1. The van der Waals surface area contributed by atoms with Crippen LogP contribution in [0, 0.1) is 0 Å². The van der Waals surface area contributed by atoms with Crippen LogP contribution < -0.4 is 0 Å². The molecule has 0 saturated carbocycles. The van der Waals surface area contributed by atoms with E-state index in [1.807, 2.05) is 0 Å². The first-order chi connectivity index (χ1) is 7.20. The zero-order chi connectivity index (χ0) is 12.7. The Kier molecular flexibility index (Phi) is 3.81. The minimum Gasteiger partial charge on any atom is -0.127 e. The van der Waals surface area contributed by atoms with E-state index in [-0.39, 0.29) is 0 Å². The van der Waals surface area contributed by atoms with Gasteiger partial charge in [0.15, 0.2) is 0 Å². The highest BCUT2D eigenvalue weighted by Gasteiger charge is 2.49. The van der Waals surface area contributed by atoms with Crippen LogP contribution in [-0.4, -0.2) is 14.0 Å². The van der Waals surface area contributed by atoms with Crippen molar-refractivity contribution in [3.05, 3.63) is 22.3 Å². The van der Waals surface area contributed by atoms with Crippen LogP contribution >= 0.6 is 11.6 Å². The van der Waals surface area contributed by atoms with Gasteiger partial charge < -0.3 is 0 Å². The third kappa shape index (κ3) is 1.72. The molecule has 0 saturated heterocycles. The van der Waals surface area contributed by atoms with E-state index in [0.29, 0.717) is 5.04 Å². The standard InChI is InChI=1S/C14H25ClSi/c1-10-11(2)13(4)14(8-9-15,12(10)3)16(5,6)7/h8-9H2,1-7H3. The van der Waals surface area contributed by atoms with Crippen LogP contribution in [0.3, 0.4) is 0 Å². The molecule has 1 aliphatic rings. The van der Waals surface area contributed by atoms with Crippen molar-refractivity contribution in [3.63, 3.8) is 0 Å². The summed E-state index contributed by atoms with van der Waals surface area (Å²) in [6.45, 7) is 16.6. The molecule has 92 valence electrons. The molecule has 0 nitrogen and oxygen atoms in total. The third-order valence-electron chi connectivity index (χ3n) is 4.72. The molecule has 0 spiro atoms. The molecule has 0 aromatic carbocycles. The van der Waals surface area contributed by atoms with Crippen LogP contribution in [-0.2, 0) is 0 Å². The Labute approximate surface area is 107 Å². The first-order valence-electron chi connectivity index (χ1n) is 6.12. The van der Waals surface area contributed by atoms with Crippen LogP contribution in [0.15, 0.2) is 22.3 Å². The van der Waals surface area contributed by atoms with Gasteiger partial charge in [-0.2, -0.15) is 0 Å². The highest BCUT2D eigenvalue weighted by atomic mass is 35.5. The highest BCUT2D eigenvalue weighted by Crippen LogP contribution is 2.60. The number of hydrogen-bond acceptors (Lipinski definition) is 0. The van der Waals surface area contributed by atoms with E-state index in [0.717, 1.165) is 12.3 Å². The second-order valence-electron chi connectivity index (χ2n) is 6.09. The van der Waals surface area contributed by atoms with Crippen molar-refractivity contribution in [3.8, 4) is 0 Å². The second kappa shape index (κ2) is 4.34. The molecule has 0 N–H and O–H groups in total. The monoisotopic (exact) mass is 256 g/mol. The van der Waals surface area contributed by atoms with Gasteiger partial charge in [-0.15, -0.1) is 11.6 Å². The summed E-state index contributed by atoms with van der Waals surface area (Å²) in [6, 6.07) is 0. The molecule has 0 aromatic heterocycles. The number of alkyl halides is 1. The van der Waals surface area contributed by atoms with E-state index in [9.17, 15) is 0 Å². The Bertz CT molecular complexity index is 331. The van der Waals surface area contributed by atoms with Gasteiger partial charge in [-0.1, -0.05) is 30.8 Å². The molecule has 0 aromatic rings. The number of allylic oxidation sites excluding steroid dienone is 4. The minimum atomic E-state index is -1.31. The zero-order valence-corrected chi connectivity index (χ0v) is 13.5. The summed E-state index contributed by atoms with van der Waals surface area (Å²) in [7, 11) is -1.31. The molecule has 0 bridgehead atoms. The Morgan fingerprint density at radius 3 is 1.56 bits per heavy atom. The lowest BCUT2D eigenvalue weighted by molar-refractivity contribution is 0.690. The zero-order valence-electron chi connectivity index (χ0n) is 11.8. The van der Waals surface area contributed by atoms with Crippen LogP contribution in [0.5, 0.6) is 0 Å². The van der Waals surface area contributed by atoms with Gasteiger partial charge in [0.05, 0.1) is 8.07 Å². The Morgan fingerprint density at radius 1 is 0.938 bits per heavy atom. The normalized spacial score (nSPS) is 21.0. The highest BCUT2D eigenvalue weighted by molar-refractivity contribution is 6.80. The van der Waals surface area contributed by atoms with E-state index in [1.165, 1.54) is 11.1 Å². The van der Waals surface area contributed by atoms with Gasteiger partial charge in [-0.25, -0.2) is 0 Å². The van der Waals surface area contributed by atoms with Crippen molar-refractivity contribution < 1.29 is 0 Å². The van der Waals surface area contributed by atoms with Crippen LogP contribution in [0.2, 0.25) is 24.7 Å². The summed E-state index contributed by atoms with van der Waals surface area (Å²) in [5.41, 5.74) is 6.18. The minimum absolute atomic E-state index is 0.308. The van der Waals surface area contributed by atoms with Crippen LogP contribution in [0.25, 0.3) is 0 Å². The second-order valence-corrected chi connectivity index (χ2v) is 11.8. The van der Waals surface area contributed by atoms with Crippen molar-refractivity contribution in [1.29, 1.82) is 0 Å². The lowest BCUT2D eigenvalue weighted by Crippen LogP contribution is -2.41. The molecular weight excluding hydrogens is 232 g/mol. The number of hydrogen-bond donors (Lipinski definition) is 0. The molecule has 16 heavy (non-hydrogen) atoms. The fourth-order valence-corrected chi connectivity index (χ4v) is 7.44. The maximum atomic E-state index is 6.08. The molecule has 0 radical (unpaired) electrons. The molecule has 0 aliphatic heterocycles. The van der Waals surface area contributed by atoms with E-state index in [1.54, 1.807) is 11.1 Å². The molecule has 1 rings (SSSR count). The van der Waals surface area contributed by atoms with Gasteiger partial charge in [0.2, 0.25) is 0 Å². The Hall–Kier alpha value is -0.0131. The maximum Gasteiger partial charge on any atom is 0.0604 e. The average Bonchev–Trinajstić information content (AvgIpc) is 2.33. The largest absolute Gasteiger partial charge is 0.127 e. The molecule has 0 fully saturated rings. The summed E-state index contributed by atoms with van der Waals surface area (Å²) in [5, 5.41) is 0.308. The third-order valence-corrected chi connectivity index (χ3v) is 8.47. The van der Waals surface area contributed by atoms with E-state index in [4.69, 9.17) is 11.6 Å². The molecule has 2 heteroatoms. The fourth-order valence-electron chi connectivity index (χ4n) is 3.50. The lowest BCUT2D eigenvalue weighted by atomic mass is 9.92. The van der Waals surface area contributed by atoms with Crippen molar-refractivity contribution in [2.75, 3.05) is 5.88 Å². The van der Waals surface area contributed by atoms with Crippen LogP contribution in [0.1, 0.15) is 34.1 Å². The summed E-state index contributed by atoms with van der Waals surface area (Å²) in [5.74, 6) is 0.763. The summed E-state index contributed by atoms with van der Waals surface area (Å²) in [4.78, 5) is 0. The molecule has 0 amide bonds. The smallest absolute Gasteiger partial charge is 0.0604 e. The Morgan fingerprint density at radius 2 is 1.31 bits per heavy atom. The Balaban J connectivity index is 3.45. The predicted octanol–water partition coefficient (Wildman–Crippen LogP) is 5.38. The topological polar surface area (TPSA) is 0 Å². The maximum absolute atomic E-state index is 6.08. The molecule has 1 aliphatic carbocycles. The van der Waals surface area contributed by atoms with Gasteiger partial charge >= 0.3 is 0 Å². The van der Waals surface area contributed by atoms with Gasteiger partial charge in [0, 0.05) is 10.9 Å².